The molecule has 0 fully saturated rings. The molecule has 1 amide bonds. The van der Waals surface area contributed by atoms with E-state index in [0.29, 0.717) is 5.56 Å². The highest BCUT2D eigenvalue weighted by atomic mass is 16.5. The SMILES string of the molecule is CC(=O)NN.COC(=O)C(=O)c1ccccc1. The Labute approximate surface area is 98.7 Å². The summed E-state index contributed by atoms with van der Waals surface area (Å²) in [5, 5.41) is 0. The van der Waals surface area contributed by atoms with Gasteiger partial charge in [-0.05, 0) is 0 Å². The van der Waals surface area contributed by atoms with E-state index >= 15 is 0 Å². The smallest absolute Gasteiger partial charge is 0.379 e. The van der Waals surface area contributed by atoms with Crippen LogP contribution in [-0.4, -0.2) is 24.8 Å². The maximum absolute atomic E-state index is 11.1. The molecular weight excluding hydrogens is 224 g/mol. The van der Waals surface area contributed by atoms with Gasteiger partial charge in [-0.2, -0.15) is 0 Å². The lowest BCUT2D eigenvalue weighted by atomic mass is 10.1. The summed E-state index contributed by atoms with van der Waals surface area (Å²) in [5.74, 6) is 2.91. The van der Waals surface area contributed by atoms with Crippen molar-refractivity contribution in [1.29, 1.82) is 0 Å². The summed E-state index contributed by atoms with van der Waals surface area (Å²) in [6.07, 6.45) is 0. The summed E-state index contributed by atoms with van der Waals surface area (Å²) >= 11 is 0. The Balaban J connectivity index is 0.000000437. The molecule has 1 rings (SSSR count). The minimum atomic E-state index is -0.832. The van der Waals surface area contributed by atoms with Gasteiger partial charge in [-0.15, -0.1) is 0 Å². The van der Waals surface area contributed by atoms with E-state index in [1.165, 1.54) is 14.0 Å². The van der Waals surface area contributed by atoms with Gasteiger partial charge in [-0.1, -0.05) is 30.3 Å². The molecule has 0 aliphatic rings. The van der Waals surface area contributed by atoms with Crippen molar-refractivity contribution < 1.29 is 19.1 Å². The van der Waals surface area contributed by atoms with E-state index in [0.717, 1.165) is 0 Å². The summed E-state index contributed by atoms with van der Waals surface area (Å²) in [7, 11) is 1.18. The van der Waals surface area contributed by atoms with Gasteiger partial charge < -0.3 is 4.74 Å². The first kappa shape index (κ1) is 14.8. The third-order valence-electron chi connectivity index (χ3n) is 1.61. The zero-order valence-corrected chi connectivity index (χ0v) is 9.60. The molecule has 0 spiro atoms. The number of Topliss-reactive ketones (excluding diaryl/α,β-unsaturated/α-hetero) is 1. The number of ketones is 1. The molecule has 0 saturated heterocycles. The van der Waals surface area contributed by atoms with Crippen molar-refractivity contribution >= 4 is 17.7 Å². The van der Waals surface area contributed by atoms with Crippen LogP contribution in [0.2, 0.25) is 0 Å². The number of benzene rings is 1. The fourth-order valence-electron chi connectivity index (χ4n) is 0.800. The molecule has 0 atom stereocenters. The second-order valence-corrected chi connectivity index (χ2v) is 2.89. The molecule has 6 heteroatoms. The number of methoxy groups -OCH3 is 1. The molecule has 17 heavy (non-hydrogen) atoms. The quantitative estimate of drug-likeness (QED) is 0.189. The first-order valence-electron chi connectivity index (χ1n) is 4.67. The molecule has 0 aliphatic heterocycles. The summed E-state index contributed by atoms with van der Waals surface area (Å²) in [6, 6.07) is 8.29. The van der Waals surface area contributed by atoms with Crippen LogP contribution in [0.1, 0.15) is 17.3 Å². The molecule has 6 nitrogen and oxygen atoms in total. The number of hydrogen-bond donors (Lipinski definition) is 2. The number of hydrogen-bond acceptors (Lipinski definition) is 5. The van der Waals surface area contributed by atoms with E-state index in [-0.39, 0.29) is 5.91 Å². The van der Waals surface area contributed by atoms with Crippen LogP contribution in [0, 0.1) is 0 Å². The van der Waals surface area contributed by atoms with Gasteiger partial charge in [-0.3, -0.25) is 15.0 Å². The van der Waals surface area contributed by atoms with Crippen LogP contribution < -0.4 is 11.3 Å². The number of esters is 1. The van der Waals surface area contributed by atoms with E-state index in [4.69, 9.17) is 0 Å². The van der Waals surface area contributed by atoms with Crippen LogP contribution in [0.25, 0.3) is 0 Å². The lowest BCUT2D eigenvalue weighted by Gasteiger charge is -1.96. The number of amides is 1. The third-order valence-corrected chi connectivity index (χ3v) is 1.61. The average Bonchev–Trinajstić information content (AvgIpc) is 2.38. The first-order chi connectivity index (χ1) is 8.02. The standard InChI is InChI=1S/C9H8O3.C2H6N2O/c1-12-9(11)8(10)7-5-3-2-4-6-7;1-2(5)4-3/h2-6H,1H3;3H2,1H3,(H,4,5). The Morgan fingerprint density at radius 3 is 2.00 bits per heavy atom. The monoisotopic (exact) mass is 238 g/mol. The van der Waals surface area contributed by atoms with Gasteiger partial charge in [0.15, 0.2) is 0 Å². The van der Waals surface area contributed by atoms with E-state index in [9.17, 15) is 14.4 Å². The van der Waals surface area contributed by atoms with E-state index in [2.05, 4.69) is 10.6 Å². The fraction of sp³-hybridized carbons (Fsp3) is 0.182. The summed E-state index contributed by atoms with van der Waals surface area (Å²) in [5.41, 5.74) is 2.24. The van der Waals surface area contributed by atoms with Gasteiger partial charge in [0.05, 0.1) is 7.11 Å². The van der Waals surface area contributed by atoms with Crippen LogP contribution in [0.3, 0.4) is 0 Å². The van der Waals surface area contributed by atoms with Crippen molar-refractivity contribution in [2.45, 2.75) is 6.92 Å². The van der Waals surface area contributed by atoms with Crippen LogP contribution in [0.15, 0.2) is 30.3 Å². The van der Waals surface area contributed by atoms with Crippen LogP contribution in [0.4, 0.5) is 0 Å². The molecule has 0 bridgehead atoms. The largest absolute Gasteiger partial charge is 0.463 e. The highest BCUT2D eigenvalue weighted by Crippen LogP contribution is 2.00. The van der Waals surface area contributed by atoms with Crippen LogP contribution >= 0.6 is 0 Å². The molecule has 92 valence electrons. The van der Waals surface area contributed by atoms with Crippen molar-refractivity contribution in [2.24, 2.45) is 5.84 Å². The van der Waals surface area contributed by atoms with E-state index < -0.39 is 11.8 Å². The Kier molecular flexibility index (Phi) is 6.96. The van der Waals surface area contributed by atoms with Gasteiger partial charge in [0.25, 0.3) is 5.78 Å². The predicted octanol–water partition coefficient (Wildman–Crippen LogP) is 0.0385. The number of hydrazine groups is 1. The third kappa shape index (κ3) is 6.06. The maximum atomic E-state index is 11.1. The number of carbonyl (C=O) groups is 3. The van der Waals surface area contributed by atoms with Crippen molar-refractivity contribution in [1.82, 2.24) is 5.43 Å². The van der Waals surface area contributed by atoms with Crippen molar-refractivity contribution in [3.63, 3.8) is 0 Å². The Morgan fingerprint density at radius 1 is 1.18 bits per heavy atom. The topological polar surface area (TPSA) is 98.5 Å². The average molecular weight is 238 g/mol. The van der Waals surface area contributed by atoms with Crippen LogP contribution in [0.5, 0.6) is 0 Å². The molecule has 0 saturated carbocycles. The molecule has 1 aromatic rings. The zero-order chi connectivity index (χ0) is 13.3. The van der Waals surface area contributed by atoms with Crippen molar-refractivity contribution in [2.75, 3.05) is 7.11 Å². The first-order valence-corrected chi connectivity index (χ1v) is 4.67. The molecule has 1 aromatic carbocycles. The highest BCUT2D eigenvalue weighted by molar-refractivity contribution is 6.40. The Morgan fingerprint density at radius 2 is 1.65 bits per heavy atom. The molecule has 0 heterocycles. The molecule has 0 aliphatic carbocycles. The number of carbonyl (C=O) groups excluding carboxylic acids is 3. The molecular formula is C11H14N2O4. The number of nitrogens with one attached hydrogen (secondary N) is 1. The van der Waals surface area contributed by atoms with Crippen LogP contribution in [-0.2, 0) is 14.3 Å². The minimum Gasteiger partial charge on any atom is -0.463 e. The molecule has 3 N–H and O–H groups in total. The highest BCUT2D eigenvalue weighted by Gasteiger charge is 2.14. The minimum absolute atomic E-state index is 0.218. The van der Waals surface area contributed by atoms with E-state index in [1.54, 1.807) is 30.3 Å². The van der Waals surface area contributed by atoms with Crippen molar-refractivity contribution in [3.05, 3.63) is 35.9 Å². The predicted molar refractivity (Wildman–Crippen MR) is 60.8 cm³/mol. The summed E-state index contributed by atoms with van der Waals surface area (Å²) in [4.78, 5) is 31.4. The van der Waals surface area contributed by atoms with Gasteiger partial charge in [0, 0.05) is 12.5 Å². The zero-order valence-electron chi connectivity index (χ0n) is 9.60. The second kappa shape index (κ2) is 8.00. The van der Waals surface area contributed by atoms with Gasteiger partial charge in [0.1, 0.15) is 0 Å². The summed E-state index contributed by atoms with van der Waals surface area (Å²) < 4.78 is 4.28. The van der Waals surface area contributed by atoms with E-state index in [1.807, 2.05) is 5.43 Å². The lowest BCUT2D eigenvalue weighted by molar-refractivity contribution is -0.135. The van der Waals surface area contributed by atoms with Crippen molar-refractivity contribution in [3.8, 4) is 0 Å². The lowest BCUT2D eigenvalue weighted by Crippen LogP contribution is -2.26. The van der Waals surface area contributed by atoms with Gasteiger partial charge in [-0.25, -0.2) is 10.6 Å². The van der Waals surface area contributed by atoms with Gasteiger partial charge in [0.2, 0.25) is 5.91 Å². The Hall–Kier alpha value is -2.21. The molecule has 0 radical (unpaired) electrons. The fourth-order valence-corrected chi connectivity index (χ4v) is 0.800. The maximum Gasteiger partial charge on any atom is 0.379 e. The number of nitrogens with two attached hydrogens (primary N) is 1. The molecule has 0 aromatic heterocycles. The number of ether oxygens (including phenoxy) is 1. The molecule has 0 unspecified atom stereocenters. The number of rotatable bonds is 2. The second-order valence-electron chi connectivity index (χ2n) is 2.89. The normalized spacial score (nSPS) is 8.41. The summed E-state index contributed by atoms with van der Waals surface area (Å²) in [6.45, 7) is 1.35. The Bertz CT molecular complexity index is 390. The van der Waals surface area contributed by atoms with Gasteiger partial charge >= 0.3 is 5.97 Å².